The molecule has 0 bridgehead atoms. The van der Waals surface area contributed by atoms with Crippen molar-refractivity contribution in [1.29, 1.82) is 0 Å². The fourth-order valence-corrected chi connectivity index (χ4v) is 3.78. The summed E-state index contributed by atoms with van der Waals surface area (Å²) in [5, 5.41) is 12.2. The van der Waals surface area contributed by atoms with Crippen LogP contribution in [0.5, 0.6) is 11.5 Å². The summed E-state index contributed by atoms with van der Waals surface area (Å²) in [5.41, 5.74) is 0.640. The van der Waals surface area contributed by atoms with Crippen molar-refractivity contribution in [1.82, 2.24) is 5.32 Å². The fraction of sp³-hybridized carbons (Fsp3) is 0.600. The third-order valence-electron chi connectivity index (χ3n) is 5.05. The van der Waals surface area contributed by atoms with Crippen LogP contribution in [0.15, 0.2) is 18.2 Å². The highest BCUT2D eigenvalue weighted by atomic mass is 16.5. The zero-order valence-corrected chi connectivity index (χ0v) is 15.8. The molecule has 1 aromatic carbocycles. The number of carboxylic acids is 1. The highest BCUT2D eigenvalue weighted by molar-refractivity contribution is 5.78. The van der Waals surface area contributed by atoms with E-state index in [1.54, 1.807) is 25.3 Å². The largest absolute Gasteiger partial charge is 0.497 e. The summed E-state index contributed by atoms with van der Waals surface area (Å²) in [4.78, 5) is 23.8. The molecule has 1 aromatic rings. The van der Waals surface area contributed by atoms with E-state index in [-0.39, 0.29) is 12.3 Å². The second kappa shape index (κ2) is 9.46. The molecule has 2 rings (SSSR count). The molecular formula is C20H29NO5. The van der Waals surface area contributed by atoms with Crippen LogP contribution >= 0.6 is 0 Å². The summed E-state index contributed by atoms with van der Waals surface area (Å²) in [6.45, 7) is 2.22. The minimum atomic E-state index is -0.973. The minimum Gasteiger partial charge on any atom is -0.497 e. The van der Waals surface area contributed by atoms with Gasteiger partial charge in [0.25, 0.3) is 0 Å². The molecule has 6 heteroatoms. The van der Waals surface area contributed by atoms with E-state index >= 15 is 0 Å². The van der Waals surface area contributed by atoms with Crippen molar-refractivity contribution in [2.75, 3.05) is 14.2 Å². The number of amides is 1. The van der Waals surface area contributed by atoms with Gasteiger partial charge in [-0.3, -0.25) is 9.59 Å². The number of carbonyl (C=O) groups is 2. The third kappa shape index (κ3) is 5.64. The molecular weight excluding hydrogens is 334 g/mol. The molecule has 0 aliphatic heterocycles. The van der Waals surface area contributed by atoms with Crippen molar-refractivity contribution in [3.8, 4) is 11.5 Å². The quantitative estimate of drug-likeness (QED) is 0.738. The van der Waals surface area contributed by atoms with Gasteiger partial charge in [-0.15, -0.1) is 0 Å². The second-order valence-corrected chi connectivity index (χ2v) is 7.17. The highest BCUT2D eigenvalue weighted by Gasteiger charge is 2.25. The normalized spacial score (nSPS) is 20.9. The molecule has 3 atom stereocenters. The van der Waals surface area contributed by atoms with Gasteiger partial charge >= 0.3 is 5.97 Å². The van der Waals surface area contributed by atoms with Crippen LogP contribution in [0.4, 0.5) is 0 Å². The van der Waals surface area contributed by atoms with E-state index in [0.29, 0.717) is 35.3 Å². The maximum Gasteiger partial charge on any atom is 0.305 e. The van der Waals surface area contributed by atoms with Gasteiger partial charge < -0.3 is 19.9 Å². The van der Waals surface area contributed by atoms with Crippen molar-refractivity contribution < 1.29 is 24.2 Å². The molecule has 0 radical (unpaired) electrons. The number of carboxylic acid groups (broad SMARTS) is 1. The Hall–Kier alpha value is -2.24. The summed E-state index contributed by atoms with van der Waals surface area (Å²) in [5.74, 6) is 1.07. The van der Waals surface area contributed by atoms with Gasteiger partial charge in [0.05, 0.1) is 26.7 Å². The molecule has 6 nitrogen and oxygen atoms in total. The predicted octanol–water partition coefficient (Wildman–Crippen LogP) is 3.55. The monoisotopic (exact) mass is 363 g/mol. The van der Waals surface area contributed by atoms with E-state index in [0.717, 1.165) is 19.3 Å². The van der Waals surface area contributed by atoms with Crippen LogP contribution in [-0.4, -0.2) is 31.2 Å². The third-order valence-corrected chi connectivity index (χ3v) is 5.05. The van der Waals surface area contributed by atoms with Crippen molar-refractivity contribution in [2.24, 2.45) is 11.8 Å². The van der Waals surface area contributed by atoms with E-state index < -0.39 is 12.0 Å². The van der Waals surface area contributed by atoms with Crippen molar-refractivity contribution in [3.05, 3.63) is 23.8 Å². The maximum atomic E-state index is 12.5. The number of carbonyl (C=O) groups excluding carboxylic acids is 1. The smallest absolute Gasteiger partial charge is 0.305 e. The number of nitrogens with one attached hydrogen (secondary N) is 1. The first-order valence-electron chi connectivity index (χ1n) is 9.16. The van der Waals surface area contributed by atoms with Crippen LogP contribution in [0.25, 0.3) is 0 Å². The molecule has 1 aliphatic carbocycles. The number of hydrogen-bond donors (Lipinski definition) is 2. The van der Waals surface area contributed by atoms with Crippen LogP contribution in [0.3, 0.4) is 0 Å². The number of rotatable bonds is 8. The van der Waals surface area contributed by atoms with Crippen LogP contribution in [0, 0.1) is 11.8 Å². The van der Waals surface area contributed by atoms with E-state index in [9.17, 15) is 14.7 Å². The molecule has 1 saturated carbocycles. The lowest BCUT2D eigenvalue weighted by Crippen LogP contribution is -2.32. The molecule has 26 heavy (non-hydrogen) atoms. The van der Waals surface area contributed by atoms with Gasteiger partial charge in [-0.25, -0.2) is 0 Å². The summed E-state index contributed by atoms with van der Waals surface area (Å²) < 4.78 is 10.6. The van der Waals surface area contributed by atoms with Crippen molar-refractivity contribution >= 4 is 11.9 Å². The zero-order chi connectivity index (χ0) is 19.1. The van der Waals surface area contributed by atoms with E-state index in [2.05, 4.69) is 12.2 Å². The summed E-state index contributed by atoms with van der Waals surface area (Å²) in [7, 11) is 3.07. The standard InChI is InChI=1S/C20H29NO5/c1-13-5-4-6-14(9-13)10-19(22)21-17(12-20(23)24)16-8-7-15(25-2)11-18(16)26-3/h7-8,11,13-14,17H,4-6,9-10,12H2,1-3H3,(H,21,22)(H,23,24). The highest BCUT2D eigenvalue weighted by Crippen LogP contribution is 2.33. The zero-order valence-electron chi connectivity index (χ0n) is 15.8. The second-order valence-electron chi connectivity index (χ2n) is 7.17. The molecule has 1 amide bonds. The number of hydrogen-bond acceptors (Lipinski definition) is 4. The molecule has 0 heterocycles. The SMILES string of the molecule is COc1ccc(C(CC(=O)O)NC(=O)CC2CCCC(C)C2)c(OC)c1. The lowest BCUT2D eigenvalue weighted by atomic mass is 9.80. The van der Waals surface area contributed by atoms with Gasteiger partial charge in [0.15, 0.2) is 0 Å². The lowest BCUT2D eigenvalue weighted by Gasteiger charge is -2.27. The van der Waals surface area contributed by atoms with Crippen molar-refractivity contribution in [3.63, 3.8) is 0 Å². The molecule has 1 aliphatic rings. The predicted molar refractivity (Wildman–Crippen MR) is 98.4 cm³/mol. The van der Waals surface area contributed by atoms with Crippen LogP contribution in [0.1, 0.15) is 57.1 Å². The first kappa shape index (κ1) is 20.1. The molecule has 0 spiro atoms. The average Bonchev–Trinajstić information content (AvgIpc) is 2.60. The molecule has 0 aromatic heterocycles. The van der Waals surface area contributed by atoms with E-state index in [4.69, 9.17) is 9.47 Å². The van der Waals surface area contributed by atoms with Gasteiger partial charge in [-0.05, 0) is 36.8 Å². The Kier molecular flexibility index (Phi) is 7.30. The van der Waals surface area contributed by atoms with Gasteiger partial charge in [0.1, 0.15) is 11.5 Å². The van der Waals surface area contributed by atoms with Crippen LogP contribution < -0.4 is 14.8 Å². The number of benzene rings is 1. The molecule has 1 fully saturated rings. The van der Waals surface area contributed by atoms with Crippen molar-refractivity contribution in [2.45, 2.75) is 51.5 Å². The van der Waals surface area contributed by atoms with Crippen LogP contribution in [0.2, 0.25) is 0 Å². The molecule has 3 unspecified atom stereocenters. The van der Waals surface area contributed by atoms with Gasteiger partial charge in [-0.1, -0.05) is 19.8 Å². The number of ether oxygens (including phenoxy) is 2. The first-order chi connectivity index (χ1) is 12.4. The summed E-state index contributed by atoms with van der Waals surface area (Å²) in [6, 6.07) is 4.54. The molecule has 2 N–H and O–H groups in total. The number of methoxy groups -OCH3 is 2. The van der Waals surface area contributed by atoms with Gasteiger partial charge in [-0.2, -0.15) is 0 Å². The van der Waals surface area contributed by atoms with Gasteiger partial charge in [0.2, 0.25) is 5.91 Å². The van der Waals surface area contributed by atoms with Gasteiger partial charge in [0, 0.05) is 18.1 Å². The molecule has 144 valence electrons. The maximum absolute atomic E-state index is 12.5. The van der Waals surface area contributed by atoms with E-state index in [1.807, 2.05) is 0 Å². The van der Waals surface area contributed by atoms with E-state index in [1.165, 1.54) is 13.5 Å². The Morgan fingerprint density at radius 2 is 2.04 bits per heavy atom. The lowest BCUT2D eigenvalue weighted by molar-refractivity contribution is -0.137. The summed E-state index contributed by atoms with van der Waals surface area (Å²) >= 11 is 0. The Morgan fingerprint density at radius 3 is 2.65 bits per heavy atom. The molecule has 0 saturated heterocycles. The Labute approximate surface area is 154 Å². The fourth-order valence-electron chi connectivity index (χ4n) is 3.78. The first-order valence-corrected chi connectivity index (χ1v) is 9.16. The Balaban J connectivity index is 2.11. The number of aliphatic carboxylic acids is 1. The minimum absolute atomic E-state index is 0.103. The topological polar surface area (TPSA) is 84.9 Å². The average molecular weight is 363 g/mol. The Bertz CT molecular complexity index is 631. The van der Waals surface area contributed by atoms with Crippen LogP contribution in [-0.2, 0) is 9.59 Å². The Morgan fingerprint density at radius 1 is 1.27 bits per heavy atom. The summed E-state index contributed by atoms with van der Waals surface area (Å²) in [6.07, 6.45) is 4.75.